The van der Waals surface area contributed by atoms with Gasteiger partial charge in [-0.05, 0) is 25.1 Å². The summed E-state index contributed by atoms with van der Waals surface area (Å²) in [5.74, 6) is 0.792. The second-order valence-corrected chi connectivity index (χ2v) is 6.01. The molecule has 1 aromatic heterocycles. The number of carbonyl (C=O) groups excluding carboxylic acids is 1. The van der Waals surface area contributed by atoms with Crippen LogP contribution in [0.1, 0.15) is 17.4 Å². The molecule has 23 heavy (non-hydrogen) atoms. The number of aromatic nitrogens is 1. The molecule has 0 saturated carbocycles. The van der Waals surface area contributed by atoms with Gasteiger partial charge in [0.05, 0.1) is 13.7 Å². The lowest BCUT2D eigenvalue weighted by molar-refractivity contribution is 0.0453. The van der Waals surface area contributed by atoms with Crippen LogP contribution in [0.4, 0.5) is 0 Å². The lowest BCUT2D eigenvalue weighted by Gasteiger charge is -2.39. The minimum absolute atomic E-state index is 0.0244. The number of hydrogen-bond acceptors (Lipinski definition) is 4. The number of piperazine rings is 1. The smallest absolute Gasteiger partial charge is 0.270 e. The number of carbonyl (C=O) groups is 1. The van der Waals surface area contributed by atoms with Crippen LogP contribution in [-0.2, 0) is 0 Å². The van der Waals surface area contributed by atoms with Crippen molar-refractivity contribution >= 4 is 16.8 Å². The quantitative estimate of drug-likeness (QED) is 0.892. The van der Waals surface area contributed by atoms with Gasteiger partial charge in [0.25, 0.3) is 5.91 Å². The van der Waals surface area contributed by atoms with E-state index in [0.717, 1.165) is 29.7 Å². The third-order valence-corrected chi connectivity index (χ3v) is 4.45. The number of β-amino-alcohol motifs (C(OH)–C–C–N with tert-alkyl or cyclic N) is 1. The Morgan fingerprint density at radius 1 is 1.39 bits per heavy atom. The number of H-pyrrole nitrogens is 1. The van der Waals surface area contributed by atoms with Gasteiger partial charge in [-0.2, -0.15) is 0 Å². The molecule has 2 N–H and O–H groups in total. The molecule has 0 bridgehead atoms. The van der Waals surface area contributed by atoms with Gasteiger partial charge in [-0.25, -0.2) is 0 Å². The Hall–Kier alpha value is -2.05. The number of fused-ring (bicyclic) bond motifs is 1. The van der Waals surface area contributed by atoms with E-state index in [2.05, 4.69) is 9.88 Å². The molecule has 1 aromatic carbocycles. The summed E-state index contributed by atoms with van der Waals surface area (Å²) in [5.41, 5.74) is 1.51. The second kappa shape index (κ2) is 6.60. The predicted molar refractivity (Wildman–Crippen MR) is 88.9 cm³/mol. The molecule has 0 unspecified atom stereocenters. The van der Waals surface area contributed by atoms with E-state index in [1.165, 1.54) is 0 Å². The van der Waals surface area contributed by atoms with E-state index < -0.39 is 0 Å². The highest BCUT2D eigenvalue weighted by atomic mass is 16.5. The van der Waals surface area contributed by atoms with E-state index in [0.29, 0.717) is 18.8 Å². The number of aliphatic hydroxyl groups is 1. The Balaban J connectivity index is 1.77. The first-order valence-corrected chi connectivity index (χ1v) is 7.93. The number of nitrogens with one attached hydrogen (secondary N) is 1. The van der Waals surface area contributed by atoms with Crippen LogP contribution in [0.3, 0.4) is 0 Å². The van der Waals surface area contributed by atoms with Crippen LogP contribution < -0.4 is 4.74 Å². The highest BCUT2D eigenvalue weighted by molar-refractivity contribution is 5.98. The fourth-order valence-corrected chi connectivity index (χ4v) is 3.18. The molecular formula is C17H23N3O3. The Morgan fingerprint density at radius 3 is 2.91 bits per heavy atom. The summed E-state index contributed by atoms with van der Waals surface area (Å²) in [6, 6.07) is 7.76. The topological polar surface area (TPSA) is 68.8 Å². The maximum Gasteiger partial charge on any atom is 0.270 e. The van der Waals surface area contributed by atoms with E-state index in [1.54, 1.807) is 7.11 Å². The van der Waals surface area contributed by atoms with E-state index in [1.807, 2.05) is 36.1 Å². The molecule has 2 heterocycles. The molecule has 1 aliphatic heterocycles. The first-order chi connectivity index (χ1) is 11.1. The number of hydrogen-bond donors (Lipinski definition) is 2. The number of aliphatic hydroxyl groups excluding tert-OH is 1. The minimum atomic E-state index is 0.0244. The number of ether oxygens (including phenoxy) is 1. The number of aromatic amines is 1. The summed E-state index contributed by atoms with van der Waals surface area (Å²) in [4.78, 5) is 20.1. The van der Waals surface area contributed by atoms with Gasteiger partial charge in [0.2, 0.25) is 0 Å². The standard InChI is InChI=1S/C17H23N3O3/c1-12-11-19(7-8-21)5-6-20(12)17(22)16-9-13-3-4-14(23-2)10-15(13)18-16/h3-4,9-10,12,18,21H,5-8,11H2,1-2H3/t12-/m1/s1. The molecule has 1 fully saturated rings. The summed E-state index contributed by atoms with van der Waals surface area (Å²) in [7, 11) is 1.63. The van der Waals surface area contributed by atoms with Crippen LogP contribution in [0.15, 0.2) is 24.3 Å². The van der Waals surface area contributed by atoms with Crippen LogP contribution in [0.2, 0.25) is 0 Å². The largest absolute Gasteiger partial charge is 0.497 e. The maximum absolute atomic E-state index is 12.8. The Bertz CT molecular complexity index is 697. The average Bonchev–Trinajstić information content (AvgIpc) is 2.97. The fourth-order valence-electron chi connectivity index (χ4n) is 3.18. The van der Waals surface area contributed by atoms with Gasteiger partial charge in [-0.15, -0.1) is 0 Å². The predicted octanol–water partition coefficient (Wildman–Crippen LogP) is 1.32. The SMILES string of the molecule is COc1ccc2cc(C(=O)N3CCN(CCO)C[C@H]3C)[nH]c2c1. The highest BCUT2D eigenvalue weighted by Crippen LogP contribution is 2.23. The number of amides is 1. The van der Waals surface area contributed by atoms with Gasteiger partial charge in [0.15, 0.2) is 0 Å². The molecule has 124 valence electrons. The van der Waals surface area contributed by atoms with Crippen molar-refractivity contribution in [1.82, 2.24) is 14.8 Å². The summed E-state index contributed by atoms with van der Waals surface area (Å²) < 4.78 is 5.22. The van der Waals surface area contributed by atoms with Crippen LogP contribution in [-0.4, -0.2) is 71.7 Å². The zero-order chi connectivity index (χ0) is 16.4. The molecule has 6 nitrogen and oxygen atoms in total. The van der Waals surface area contributed by atoms with E-state index in [4.69, 9.17) is 9.84 Å². The van der Waals surface area contributed by atoms with Crippen LogP contribution in [0.25, 0.3) is 10.9 Å². The molecule has 1 atom stereocenters. The highest BCUT2D eigenvalue weighted by Gasteiger charge is 2.28. The molecular weight excluding hydrogens is 294 g/mol. The van der Waals surface area contributed by atoms with Gasteiger partial charge in [-0.1, -0.05) is 0 Å². The van der Waals surface area contributed by atoms with Crippen LogP contribution >= 0.6 is 0 Å². The average molecular weight is 317 g/mol. The van der Waals surface area contributed by atoms with Crippen molar-refractivity contribution in [2.45, 2.75) is 13.0 Å². The zero-order valence-electron chi connectivity index (χ0n) is 13.6. The summed E-state index contributed by atoms with van der Waals surface area (Å²) in [5, 5.41) is 10.0. The molecule has 3 rings (SSSR count). The first kappa shape index (κ1) is 15.8. The van der Waals surface area contributed by atoms with Gasteiger partial charge in [0.1, 0.15) is 11.4 Å². The molecule has 6 heteroatoms. The van der Waals surface area contributed by atoms with Crippen molar-refractivity contribution in [3.8, 4) is 5.75 Å². The van der Waals surface area contributed by atoms with Crippen molar-refractivity contribution in [2.75, 3.05) is 39.9 Å². The number of nitrogens with zero attached hydrogens (tertiary/aromatic N) is 2. The fraction of sp³-hybridized carbons (Fsp3) is 0.471. The van der Waals surface area contributed by atoms with Crippen molar-refractivity contribution in [3.63, 3.8) is 0 Å². The van der Waals surface area contributed by atoms with Gasteiger partial charge >= 0.3 is 0 Å². The van der Waals surface area contributed by atoms with Crippen molar-refractivity contribution in [2.24, 2.45) is 0 Å². The van der Waals surface area contributed by atoms with Gasteiger partial charge < -0.3 is 19.7 Å². The molecule has 1 amide bonds. The van der Waals surface area contributed by atoms with Crippen LogP contribution in [0.5, 0.6) is 5.75 Å². The molecule has 1 saturated heterocycles. The Kier molecular flexibility index (Phi) is 4.54. The summed E-state index contributed by atoms with van der Waals surface area (Å²) in [6.45, 7) is 5.14. The summed E-state index contributed by atoms with van der Waals surface area (Å²) >= 11 is 0. The monoisotopic (exact) mass is 317 g/mol. The Labute approximate surface area is 135 Å². The van der Waals surface area contributed by atoms with Crippen molar-refractivity contribution in [3.05, 3.63) is 30.0 Å². The van der Waals surface area contributed by atoms with Crippen molar-refractivity contribution < 1.29 is 14.6 Å². The first-order valence-electron chi connectivity index (χ1n) is 7.93. The lowest BCUT2D eigenvalue weighted by Crippen LogP contribution is -2.54. The van der Waals surface area contributed by atoms with Crippen molar-refractivity contribution in [1.29, 1.82) is 0 Å². The van der Waals surface area contributed by atoms with Crippen LogP contribution in [0, 0.1) is 0 Å². The second-order valence-electron chi connectivity index (χ2n) is 6.01. The molecule has 2 aromatic rings. The summed E-state index contributed by atoms with van der Waals surface area (Å²) in [6.07, 6.45) is 0. The lowest BCUT2D eigenvalue weighted by atomic mass is 10.1. The Morgan fingerprint density at radius 2 is 2.22 bits per heavy atom. The van der Waals surface area contributed by atoms with E-state index in [9.17, 15) is 4.79 Å². The number of rotatable bonds is 4. The maximum atomic E-state index is 12.8. The third-order valence-electron chi connectivity index (χ3n) is 4.45. The van der Waals surface area contributed by atoms with E-state index in [-0.39, 0.29) is 18.6 Å². The normalized spacial score (nSPS) is 19.3. The third kappa shape index (κ3) is 3.18. The molecule has 0 radical (unpaired) electrons. The van der Waals surface area contributed by atoms with Gasteiger partial charge in [-0.3, -0.25) is 9.69 Å². The molecule has 0 spiro atoms. The molecule has 1 aliphatic rings. The molecule has 0 aliphatic carbocycles. The van der Waals surface area contributed by atoms with E-state index >= 15 is 0 Å². The minimum Gasteiger partial charge on any atom is -0.497 e. The van der Waals surface area contributed by atoms with Gasteiger partial charge in [0, 0.05) is 49.2 Å². The zero-order valence-corrected chi connectivity index (χ0v) is 13.6. The number of benzene rings is 1. The number of methoxy groups -OCH3 is 1.